The third-order valence-corrected chi connectivity index (χ3v) is 3.30. The molecule has 0 aliphatic rings. The summed E-state index contributed by atoms with van der Waals surface area (Å²) >= 11 is 5.08. The van der Waals surface area contributed by atoms with E-state index >= 15 is 0 Å². The van der Waals surface area contributed by atoms with Gasteiger partial charge in [0.1, 0.15) is 0 Å². The van der Waals surface area contributed by atoms with Gasteiger partial charge in [0.05, 0.1) is 12.7 Å². The van der Waals surface area contributed by atoms with E-state index in [4.69, 9.17) is 21.7 Å². The van der Waals surface area contributed by atoms with E-state index < -0.39 is 11.9 Å². The second-order valence-corrected chi connectivity index (χ2v) is 4.87. The maximum absolute atomic E-state index is 11.9. The van der Waals surface area contributed by atoms with Gasteiger partial charge in [0, 0.05) is 12.5 Å². The fraction of sp³-hybridized carbons (Fsp3) is 0.118. The molecular formula is C17H14O4S. The van der Waals surface area contributed by atoms with Crippen LogP contribution in [0.1, 0.15) is 22.8 Å². The van der Waals surface area contributed by atoms with Crippen molar-refractivity contribution in [2.45, 2.75) is 6.92 Å². The van der Waals surface area contributed by atoms with Crippen LogP contribution in [0, 0.1) is 0 Å². The monoisotopic (exact) mass is 314 g/mol. The summed E-state index contributed by atoms with van der Waals surface area (Å²) in [6.07, 6.45) is 0. The molecule has 2 aromatic rings. The number of methoxy groups -OCH3 is 1. The van der Waals surface area contributed by atoms with Crippen molar-refractivity contribution in [3.63, 3.8) is 0 Å². The fourth-order valence-electron chi connectivity index (χ4n) is 2.01. The van der Waals surface area contributed by atoms with Crippen molar-refractivity contribution >= 4 is 29.2 Å². The molecule has 0 aromatic heterocycles. The third kappa shape index (κ3) is 3.56. The molecule has 22 heavy (non-hydrogen) atoms. The molecule has 0 heterocycles. The fourth-order valence-corrected chi connectivity index (χ4v) is 2.25. The van der Waals surface area contributed by atoms with Crippen LogP contribution in [-0.2, 0) is 14.3 Å². The van der Waals surface area contributed by atoms with Crippen molar-refractivity contribution < 1.29 is 19.1 Å². The Labute approximate surface area is 133 Å². The normalized spacial score (nSPS) is 9.91. The summed E-state index contributed by atoms with van der Waals surface area (Å²) in [5.41, 5.74) is 2.48. The van der Waals surface area contributed by atoms with E-state index in [1.165, 1.54) is 14.0 Å². The molecule has 0 radical (unpaired) electrons. The number of carbonyl (C=O) groups excluding carboxylic acids is 2. The predicted molar refractivity (Wildman–Crippen MR) is 86.7 cm³/mol. The maximum atomic E-state index is 11.9. The average Bonchev–Trinajstić information content (AvgIpc) is 2.53. The van der Waals surface area contributed by atoms with Crippen molar-refractivity contribution in [1.82, 2.24) is 0 Å². The molecule has 0 saturated carbocycles. The summed E-state index contributed by atoms with van der Waals surface area (Å²) < 4.78 is 9.74. The maximum Gasteiger partial charge on any atom is 0.338 e. The highest BCUT2D eigenvalue weighted by Crippen LogP contribution is 2.26. The number of ether oxygens (including phenoxy) is 2. The van der Waals surface area contributed by atoms with Gasteiger partial charge in [-0.3, -0.25) is 4.79 Å². The Balaban J connectivity index is 2.53. The molecule has 0 atom stereocenters. The molecule has 0 unspecified atom stereocenters. The summed E-state index contributed by atoms with van der Waals surface area (Å²) in [4.78, 5) is 22.9. The van der Waals surface area contributed by atoms with Crippen molar-refractivity contribution in [3.8, 4) is 11.1 Å². The highest BCUT2D eigenvalue weighted by atomic mass is 32.1. The average molecular weight is 314 g/mol. The number of benzene rings is 2. The van der Waals surface area contributed by atoms with E-state index in [1.807, 2.05) is 30.3 Å². The van der Waals surface area contributed by atoms with Crippen molar-refractivity contribution in [3.05, 3.63) is 59.7 Å². The van der Waals surface area contributed by atoms with Crippen LogP contribution in [0.25, 0.3) is 11.1 Å². The minimum atomic E-state index is -0.483. The molecule has 112 valence electrons. The largest absolute Gasteiger partial charge is 0.465 e. The molecule has 4 nitrogen and oxygen atoms in total. The summed E-state index contributed by atoms with van der Waals surface area (Å²) in [5, 5.41) is 0.0705. The van der Waals surface area contributed by atoms with Gasteiger partial charge >= 0.3 is 11.9 Å². The molecule has 2 aromatic carbocycles. The lowest BCUT2D eigenvalue weighted by Crippen LogP contribution is -2.10. The molecule has 0 spiro atoms. The van der Waals surface area contributed by atoms with Crippen molar-refractivity contribution in [2.75, 3.05) is 7.11 Å². The minimum Gasteiger partial charge on any atom is -0.465 e. The zero-order valence-corrected chi connectivity index (χ0v) is 13.0. The number of thiocarbonyl (C=S) groups is 1. The summed E-state index contributed by atoms with van der Waals surface area (Å²) in [7, 11) is 1.33. The molecule has 0 N–H and O–H groups in total. The number of carbonyl (C=O) groups is 2. The number of rotatable bonds is 3. The minimum absolute atomic E-state index is 0.0705. The molecule has 0 aliphatic carbocycles. The molecule has 0 fully saturated rings. The van der Waals surface area contributed by atoms with Gasteiger partial charge in [0.15, 0.2) is 0 Å². The molecular weight excluding hydrogens is 300 g/mol. The number of esters is 2. The van der Waals surface area contributed by atoms with Gasteiger partial charge < -0.3 is 9.47 Å². The van der Waals surface area contributed by atoms with Crippen LogP contribution >= 0.6 is 12.2 Å². The Bertz CT molecular complexity index is 723. The summed E-state index contributed by atoms with van der Waals surface area (Å²) in [6.45, 7) is 1.28. The van der Waals surface area contributed by atoms with E-state index in [1.54, 1.807) is 18.2 Å². The SMILES string of the molecule is COC(=O)c1ccc(C(=S)OC(C)=O)cc1-c1ccccc1. The van der Waals surface area contributed by atoms with Crippen LogP contribution in [0.2, 0.25) is 0 Å². The molecule has 0 aliphatic heterocycles. The van der Waals surface area contributed by atoms with Crippen LogP contribution < -0.4 is 0 Å². The zero-order chi connectivity index (χ0) is 16.1. The third-order valence-electron chi connectivity index (χ3n) is 2.98. The Kier molecular flexibility index (Phi) is 5.01. The quantitative estimate of drug-likeness (QED) is 0.642. The van der Waals surface area contributed by atoms with Gasteiger partial charge in [-0.25, -0.2) is 4.79 Å². The van der Waals surface area contributed by atoms with Crippen LogP contribution in [-0.4, -0.2) is 24.1 Å². The number of hydrogen-bond acceptors (Lipinski definition) is 5. The lowest BCUT2D eigenvalue weighted by atomic mass is 9.97. The lowest BCUT2D eigenvalue weighted by Gasteiger charge is -2.11. The Morgan fingerprint density at radius 2 is 1.73 bits per heavy atom. The standard InChI is InChI=1S/C17H14O4S/c1-11(18)21-17(22)13-8-9-14(16(19)20-2)15(10-13)12-6-4-3-5-7-12/h3-10H,1-2H3. The topological polar surface area (TPSA) is 52.6 Å². The smallest absolute Gasteiger partial charge is 0.338 e. The summed E-state index contributed by atoms with van der Waals surface area (Å²) in [5.74, 6) is -0.924. The van der Waals surface area contributed by atoms with Crippen LogP contribution in [0.4, 0.5) is 0 Å². The molecule has 5 heteroatoms. The van der Waals surface area contributed by atoms with E-state index in [0.29, 0.717) is 16.7 Å². The van der Waals surface area contributed by atoms with Crippen molar-refractivity contribution in [2.24, 2.45) is 0 Å². The highest BCUT2D eigenvalue weighted by molar-refractivity contribution is 7.80. The van der Waals surface area contributed by atoms with E-state index in [-0.39, 0.29) is 5.05 Å². The van der Waals surface area contributed by atoms with E-state index in [9.17, 15) is 9.59 Å². The van der Waals surface area contributed by atoms with E-state index in [2.05, 4.69) is 0 Å². The first-order chi connectivity index (χ1) is 10.5. The first kappa shape index (κ1) is 15.9. The first-order valence-electron chi connectivity index (χ1n) is 6.53. The zero-order valence-electron chi connectivity index (χ0n) is 12.2. The molecule has 2 rings (SSSR count). The Morgan fingerprint density at radius 3 is 2.32 bits per heavy atom. The number of hydrogen-bond donors (Lipinski definition) is 0. The lowest BCUT2D eigenvalue weighted by molar-refractivity contribution is -0.132. The van der Waals surface area contributed by atoms with Crippen LogP contribution in [0.5, 0.6) is 0 Å². The van der Waals surface area contributed by atoms with Gasteiger partial charge in [-0.1, -0.05) is 30.3 Å². The first-order valence-corrected chi connectivity index (χ1v) is 6.94. The summed E-state index contributed by atoms with van der Waals surface area (Å²) in [6, 6.07) is 14.3. The van der Waals surface area contributed by atoms with Gasteiger partial charge in [0.2, 0.25) is 5.05 Å². The molecule has 0 amide bonds. The van der Waals surface area contributed by atoms with Gasteiger partial charge in [-0.05, 0) is 41.5 Å². The van der Waals surface area contributed by atoms with Crippen LogP contribution in [0.3, 0.4) is 0 Å². The molecule has 0 bridgehead atoms. The highest BCUT2D eigenvalue weighted by Gasteiger charge is 2.16. The second kappa shape index (κ2) is 6.95. The van der Waals surface area contributed by atoms with Gasteiger partial charge in [-0.2, -0.15) is 0 Å². The second-order valence-electron chi connectivity index (χ2n) is 4.50. The van der Waals surface area contributed by atoms with E-state index in [0.717, 1.165) is 5.56 Å². The Morgan fingerprint density at radius 1 is 1.05 bits per heavy atom. The Hall–Kier alpha value is -2.53. The van der Waals surface area contributed by atoms with Crippen LogP contribution in [0.15, 0.2) is 48.5 Å². The van der Waals surface area contributed by atoms with Crippen molar-refractivity contribution in [1.29, 1.82) is 0 Å². The molecule has 0 saturated heterocycles. The van der Waals surface area contributed by atoms with Gasteiger partial charge in [0.25, 0.3) is 0 Å². The predicted octanol–water partition coefficient (Wildman–Crippen LogP) is 3.38. The van der Waals surface area contributed by atoms with Gasteiger partial charge in [-0.15, -0.1) is 0 Å².